The Balaban J connectivity index is 1.55. The van der Waals surface area contributed by atoms with Gasteiger partial charge in [-0.05, 0) is 24.5 Å². The molecule has 0 radical (unpaired) electrons. The van der Waals surface area contributed by atoms with Crippen LogP contribution >= 0.6 is 0 Å². The smallest absolute Gasteiger partial charge is 0.330 e. The topological polar surface area (TPSA) is 83.2 Å². The molecule has 4 heterocycles. The van der Waals surface area contributed by atoms with E-state index in [1.165, 1.54) is 6.07 Å². The molecule has 0 atom stereocenters. The van der Waals surface area contributed by atoms with E-state index >= 15 is 0 Å². The number of rotatable bonds is 3. The molecule has 0 amide bonds. The predicted octanol–water partition coefficient (Wildman–Crippen LogP) is 2.30. The summed E-state index contributed by atoms with van der Waals surface area (Å²) in [6.07, 6.45) is 3.85. The van der Waals surface area contributed by atoms with Crippen LogP contribution in [0.2, 0.25) is 0 Å². The lowest BCUT2D eigenvalue weighted by molar-refractivity contribution is 0.0695. The maximum Gasteiger partial charge on any atom is 0.330 e. The molecule has 8 nitrogen and oxygen atoms in total. The quantitative estimate of drug-likeness (QED) is 0.745. The molecule has 5 rings (SSSR count). The second kappa shape index (κ2) is 6.59. The molecule has 0 spiro atoms. The molecule has 1 aromatic carbocycles. The van der Waals surface area contributed by atoms with Crippen LogP contribution in [0, 0.1) is 5.82 Å². The fraction of sp³-hybridized carbons (Fsp3) is 0.421. The SMILES string of the molecule is Cn1c(=O)n(C2CCOCC2)c2nc(Nc3cc4c(cc3F)OCC4)ncc21. The first-order valence-electron chi connectivity index (χ1n) is 9.36. The molecule has 0 saturated carbocycles. The van der Waals surface area contributed by atoms with E-state index < -0.39 is 5.82 Å². The number of nitrogens with zero attached hydrogens (tertiary/aromatic N) is 4. The highest BCUT2D eigenvalue weighted by molar-refractivity contribution is 5.73. The largest absolute Gasteiger partial charge is 0.493 e. The van der Waals surface area contributed by atoms with Crippen LogP contribution in [0.4, 0.5) is 16.0 Å². The number of hydrogen-bond acceptors (Lipinski definition) is 6. The highest BCUT2D eigenvalue weighted by Gasteiger charge is 2.23. The second-order valence-electron chi connectivity index (χ2n) is 7.12. The number of hydrogen-bond donors (Lipinski definition) is 1. The third-order valence-electron chi connectivity index (χ3n) is 5.41. The van der Waals surface area contributed by atoms with E-state index in [-0.39, 0.29) is 17.7 Å². The molecule has 1 N–H and O–H groups in total. The van der Waals surface area contributed by atoms with Gasteiger partial charge in [0, 0.05) is 38.8 Å². The van der Waals surface area contributed by atoms with Crippen LogP contribution in [-0.4, -0.2) is 38.9 Å². The van der Waals surface area contributed by atoms with Gasteiger partial charge in [-0.15, -0.1) is 0 Å². The number of ether oxygens (including phenoxy) is 2. The zero-order chi connectivity index (χ0) is 19.3. The van der Waals surface area contributed by atoms with E-state index in [4.69, 9.17) is 9.47 Å². The maximum absolute atomic E-state index is 14.4. The Kier molecular flexibility index (Phi) is 4.04. The lowest BCUT2D eigenvalue weighted by Gasteiger charge is -2.22. The summed E-state index contributed by atoms with van der Waals surface area (Å²) in [5.74, 6) is 0.395. The highest BCUT2D eigenvalue weighted by Crippen LogP contribution is 2.32. The third kappa shape index (κ3) is 2.73. The van der Waals surface area contributed by atoms with Crippen molar-refractivity contribution < 1.29 is 13.9 Å². The summed E-state index contributed by atoms with van der Waals surface area (Å²) in [6.45, 7) is 1.79. The molecule has 0 unspecified atom stereocenters. The van der Waals surface area contributed by atoms with Crippen molar-refractivity contribution in [3.8, 4) is 5.75 Å². The lowest BCUT2D eigenvalue weighted by Crippen LogP contribution is -2.30. The third-order valence-corrected chi connectivity index (χ3v) is 5.41. The first kappa shape index (κ1) is 17.2. The molecule has 28 heavy (non-hydrogen) atoms. The number of halogens is 1. The standard InChI is InChI=1S/C19H20FN5O3/c1-24-15-10-21-18(22-14-8-11-2-7-28-16(11)9-13(14)20)23-17(15)25(19(24)26)12-3-5-27-6-4-12/h8-10,12H,2-7H2,1H3,(H,21,22,23). The van der Waals surface area contributed by atoms with Gasteiger partial charge in [0.05, 0.1) is 18.5 Å². The summed E-state index contributed by atoms with van der Waals surface area (Å²) >= 11 is 0. The molecule has 3 aromatic rings. The minimum absolute atomic E-state index is 0.0292. The predicted molar refractivity (Wildman–Crippen MR) is 101 cm³/mol. The van der Waals surface area contributed by atoms with E-state index in [2.05, 4.69) is 15.3 Å². The number of aryl methyl sites for hydroxylation is 1. The van der Waals surface area contributed by atoms with Crippen molar-refractivity contribution in [3.05, 3.63) is 40.2 Å². The molecule has 146 valence electrons. The second-order valence-corrected chi connectivity index (χ2v) is 7.12. The van der Waals surface area contributed by atoms with Crippen molar-refractivity contribution in [2.75, 3.05) is 25.1 Å². The summed E-state index contributed by atoms with van der Waals surface area (Å²) in [5.41, 5.74) is 2.30. The van der Waals surface area contributed by atoms with Gasteiger partial charge >= 0.3 is 5.69 Å². The fourth-order valence-corrected chi connectivity index (χ4v) is 3.89. The average molecular weight is 385 g/mol. The van der Waals surface area contributed by atoms with Crippen LogP contribution < -0.4 is 15.7 Å². The molecule has 1 saturated heterocycles. The molecule has 0 bridgehead atoms. The number of benzene rings is 1. The van der Waals surface area contributed by atoms with Crippen molar-refractivity contribution in [1.82, 2.24) is 19.1 Å². The van der Waals surface area contributed by atoms with Crippen LogP contribution in [0.15, 0.2) is 23.1 Å². The van der Waals surface area contributed by atoms with Crippen molar-refractivity contribution >= 4 is 22.8 Å². The molecular formula is C19H20FN5O3. The van der Waals surface area contributed by atoms with Gasteiger partial charge in [0.1, 0.15) is 17.1 Å². The first-order valence-corrected chi connectivity index (χ1v) is 9.36. The summed E-state index contributed by atoms with van der Waals surface area (Å²) in [4.78, 5) is 21.6. The zero-order valence-corrected chi connectivity index (χ0v) is 15.4. The van der Waals surface area contributed by atoms with Gasteiger partial charge in [0.2, 0.25) is 5.95 Å². The molecule has 0 aliphatic carbocycles. The Morgan fingerprint density at radius 3 is 2.89 bits per heavy atom. The number of imidazole rings is 1. The van der Waals surface area contributed by atoms with Gasteiger partial charge < -0.3 is 14.8 Å². The van der Waals surface area contributed by atoms with Crippen LogP contribution in [0.5, 0.6) is 5.75 Å². The van der Waals surface area contributed by atoms with E-state index in [0.29, 0.717) is 42.4 Å². The van der Waals surface area contributed by atoms with Crippen molar-refractivity contribution in [1.29, 1.82) is 0 Å². The minimum Gasteiger partial charge on any atom is -0.493 e. The maximum atomic E-state index is 14.4. The highest BCUT2D eigenvalue weighted by atomic mass is 19.1. The van der Waals surface area contributed by atoms with Crippen LogP contribution in [-0.2, 0) is 18.2 Å². The summed E-state index contributed by atoms with van der Waals surface area (Å²) in [7, 11) is 1.71. The first-order chi connectivity index (χ1) is 13.6. The number of nitrogens with one attached hydrogen (secondary N) is 1. The summed E-state index contributed by atoms with van der Waals surface area (Å²) in [6, 6.07) is 3.13. The van der Waals surface area contributed by atoms with E-state index in [1.54, 1.807) is 28.4 Å². The monoisotopic (exact) mass is 385 g/mol. The molecule has 9 heteroatoms. The zero-order valence-electron chi connectivity index (χ0n) is 15.4. The Morgan fingerprint density at radius 1 is 1.25 bits per heavy atom. The average Bonchev–Trinajstić information content (AvgIpc) is 3.25. The molecule has 2 aliphatic heterocycles. The van der Waals surface area contributed by atoms with Gasteiger partial charge in [-0.25, -0.2) is 14.2 Å². The molecule has 2 aromatic heterocycles. The normalized spacial score (nSPS) is 16.9. The van der Waals surface area contributed by atoms with Crippen LogP contribution in [0.25, 0.3) is 11.2 Å². The van der Waals surface area contributed by atoms with Crippen molar-refractivity contribution in [2.45, 2.75) is 25.3 Å². The number of fused-ring (bicyclic) bond motifs is 2. The van der Waals surface area contributed by atoms with Gasteiger partial charge in [0.25, 0.3) is 0 Å². The minimum atomic E-state index is -0.431. The molecule has 1 fully saturated rings. The van der Waals surface area contributed by atoms with Gasteiger partial charge in [-0.3, -0.25) is 9.13 Å². The van der Waals surface area contributed by atoms with E-state index in [1.807, 2.05) is 0 Å². The Labute approximate surface area is 159 Å². The fourth-order valence-electron chi connectivity index (χ4n) is 3.89. The molecular weight excluding hydrogens is 365 g/mol. The van der Waals surface area contributed by atoms with Gasteiger partial charge in [-0.2, -0.15) is 4.98 Å². The summed E-state index contributed by atoms with van der Waals surface area (Å²) < 4.78 is 28.5. The molecule has 2 aliphatic rings. The Hall–Kier alpha value is -2.94. The van der Waals surface area contributed by atoms with Crippen LogP contribution in [0.1, 0.15) is 24.4 Å². The van der Waals surface area contributed by atoms with Crippen LogP contribution in [0.3, 0.4) is 0 Å². The van der Waals surface area contributed by atoms with E-state index in [9.17, 15) is 9.18 Å². The Bertz CT molecular complexity index is 1120. The van der Waals surface area contributed by atoms with Crippen molar-refractivity contribution in [3.63, 3.8) is 0 Å². The lowest BCUT2D eigenvalue weighted by atomic mass is 10.1. The Morgan fingerprint density at radius 2 is 2.07 bits per heavy atom. The van der Waals surface area contributed by atoms with Crippen molar-refractivity contribution in [2.24, 2.45) is 7.05 Å². The summed E-state index contributed by atoms with van der Waals surface area (Å²) in [5, 5.41) is 2.95. The van der Waals surface area contributed by atoms with Gasteiger partial charge in [0.15, 0.2) is 5.65 Å². The number of anilines is 2. The number of aromatic nitrogens is 4. The van der Waals surface area contributed by atoms with Gasteiger partial charge in [-0.1, -0.05) is 0 Å². The van der Waals surface area contributed by atoms with E-state index in [0.717, 1.165) is 24.8 Å².